The summed E-state index contributed by atoms with van der Waals surface area (Å²) in [6.45, 7) is 5.39. The van der Waals surface area contributed by atoms with Crippen molar-refractivity contribution in [2.24, 2.45) is 0 Å². The van der Waals surface area contributed by atoms with Crippen LogP contribution in [0.2, 0.25) is 0 Å². The van der Waals surface area contributed by atoms with Gasteiger partial charge in [-0.3, -0.25) is 9.88 Å². The number of hydrogen-bond acceptors (Lipinski definition) is 5. The van der Waals surface area contributed by atoms with Crippen LogP contribution in [0.25, 0.3) is 0 Å². The summed E-state index contributed by atoms with van der Waals surface area (Å²) in [5.41, 5.74) is 4.09. The van der Waals surface area contributed by atoms with E-state index in [1.165, 1.54) is 29.5 Å². The van der Waals surface area contributed by atoms with E-state index < -0.39 is 0 Å². The number of nitrogens with zero attached hydrogens (tertiary/aromatic N) is 3. The summed E-state index contributed by atoms with van der Waals surface area (Å²) in [5, 5.41) is 0. The van der Waals surface area contributed by atoms with Crippen molar-refractivity contribution in [1.82, 2.24) is 14.8 Å². The molecule has 2 aromatic rings. The average molecular weight is 478 g/mol. The van der Waals surface area contributed by atoms with Gasteiger partial charge in [-0.15, -0.1) is 24.8 Å². The van der Waals surface area contributed by atoms with Crippen LogP contribution in [-0.2, 0) is 19.5 Å². The van der Waals surface area contributed by atoms with Gasteiger partial charge in [0, 0.05) is 32.0 Å². The number of halogens is 2. The molecular formula is C22H37Cl2N3O4. The summed E-state index contributed by atoms with van der Waals surface area (Å²) in [6.07, 6.45) is 7.25. The summed E-state index contributed by atoms with van der Waals surface area (Å²) < 4.78 is 10.9. The number of hydrogen-bond donors (Lipinski definition) is 0. The highest BCUT2D eigenvalue weighted by Gasteiger charge is 2.21. The molecule has 4 N–H and O–H groups in total. The van der Waals surface area contributed by atoms with E-state index in [1.54, 1.807) is 14.2 Å². The molecule has 0 unspecified atom stereocenters. The van der Waals surface area contributed by atoms with Gasteiger partial charge in [0.15, 0.2) is 11.5 Å². The zero-order valence-corrected chi connectivity index (χ0v) is 20.2. The summed E-state index contributed by atoms with van der Waals surface area (Å²) in [5.74, 6) is 1.65. The highest BCUT2D eigenvalue weighted by molar-refractivity contribution is 5.85. The maximum absolute atomic E-state index is 5.43. The van der Waals surface area contributed by atoms with Crippen LogP contribution in [0.5, 0.6) is 11.5 Å². The Labute approximate surface area is 198 Å². The molecule has 178 valence electrons. The molecular weight excluding hydrogens is 441 g/mol. The Balaban J connectivity index is 0. The van der Waals surface area contributed by atoms with Gasteiger partial charge in [-0.1, -0.05) is 0 Å². The monoisotopic (exact) mass is 477 g/mol. The van der Waals surface area contributed by atoms with Crippen molar-refractivity contribution in [3.63, 3.8) is 0 Å². The Hall–Kier alpha value is -1.61. The highest BCUT2D eigenvalue weighted by Crippen LogP contribution is 2.34. The van der Waals surface area contributed by atoms with Crippen molar-refractivity contribution >= 4 is 24.8 Å². The SMILES string of the molecule is COc1cc2c(cc1OC)CN(CCCN(C)CCCc1ccncc1)C2.Cl.Cl.O.O. The predicted molar refractivity (Wildman–Crippen MR) is 130 cm³/mol. The van der Waals surface area contributed by atoms with Gasteiger partial charge in [0.2, 0.25) is 0 Å². The number of rotatable bonds is 10. The lowest BCUT2D eigenvalue weighted by atomic mass is 10.1. The summed E-state index contributed by atoms with van der Waals surface area (Å²) in [4.78, 5) is 9.02. The Morgan fingerprint density at radius 3 is 1.94 bits per heavy atom. The molecule has 9 heteroatoms. The van der Waals surface area contributed by atoms with Gasteiger partial charge in [0.1, 0.15) is 0 Å². The zero-order chi connectivity index (χ0) is 19.1. The normalized spacial score (nSPS) is 12.0. The fourth-order valence-electron chi connectivity index (χ4n) is 3.73. The minimum atomic E-state index is 0. The first-order chi connectivity index (χ1) is 13.2. The minimum Gasteiger partial charge on any atom is -0.493 e. The van der Waals surface area contributed by atoms with Crippen LogP contribution < -0.4 is 9.47 Å². The topological polar surface area (TPSA) is 101 Å². The molecule has 1 aliphatic rings. The van der Waals surface area contributed by atoms with Gasteiger partial charge < -0.3 is 25.3 Å². The molecule has 0 radical (unpaired) electrons. The number of ether oxygens (including phenoxy) is 2. The first-order valence-corrected chi connectivity index (χ1v) is 9.73. The largest absolute Gasteiger partial charge is 0.493 e. The van der Waals surface area contributed by atoms with Gasteiger partial charge in [-0.25, -0.2) is 0 Å². The number of benzene rings is 1. The van der Waals surface area contributed by atoms with E-state index in [4.69, 9.17) is 9.47 Å². The second-order valence-corrected chi connectivity index (χ2v) is 7.30. The number of methoxy groups -OCH3 is 2. The second-order valence-electron chi connectivity index (χ2n) is 7.30. The van der Waals surface area contributed by atoms with Crippen LogP contribution >= 0.6 is 24.8 Å². The van der Waals surface area contributed by atoms with Crippen LogP contribution in [0.4, 0.5) is 0 Å². The molecule has 3 rings (SSSR count). The van der Waals surface area contributed by atoms with Gasteiger partial charge in [0.25, 0.3) is 0 Å². The lowest BCUT2D eigenvalue weighted by Crippen LogP contribution is -2.26. The standard InChI is InChI=1S/C22H31N3O2.2ClH.2H2O/c1-24(11-4-6-18-7-9-23-10-8-18)12-5-13-25-16-19-14-21(26-2)22(27-3)15-20(19)17-25;;;;/h7-10,14-15H,4-6,11-13,16-17H2,1-3H3;2*1H;2*1H2. The Morgan fingerprint density at radius 2 is 1.42 bits per heavy atom. The molecule has 1 aliphatic heterocycles. The molecule has 0 saturated carbocycles. The average Bonchev–Trinajstić information content (AvgIpc) is 3.09. The maximum atomic E-state index is 5.43. The summed E-state index contributed by atoms with van der Waals surface area (Å²) in [6, 6.07) is 8.46. The molecule has 1 aromatic heterocycles. The fraction of sp³-hybridized carbons (Fsp3) is 0.500. The molecule has 31 heavy (non-hydrogen) atoms. The van der Waals surface area contributed by atoms with Crippen molar-refractivity contribution in [3.05, 3.63) is 53.3 Å². The minimum absolute atomic E-state index is 0. The number of aryl methyl sites for hydroxylation is 1. The third kappa shape index (κ3) is 9.19. The summed E-state index contributed by atoms with van der Waals surface area (Å²) >= 11 is 0. The van der Waals surface area contributed by atoms with Crippen molar-refractivity contribution in [2.45, 2.75) is 32.4 Å². The molecule has 0 bridgehead atoms. The number of pyridine rings is 1. The van der Waals surface area contributed by atoms with E-state index in [2.05, 4.69) is 46.1 Å². The second kappa shape index (κ2) is 16.1. The number of aromatic nitrogens is 1. The first-order valence-electron chi connectivity index (χ1n) is 9.73. The molecule has 0 fully saturated rings. The van der Waals surface area contributed by atoms with E-state index in [9.17, 15) is 0 Å². The zero-order valence-electron chi connectivity index (χ0n) is 18.6. The van der Waals surface area contributed by atoms with E-state index in [1.807, 2.05) is 12.4 Å². The van der Waals surface area contributed by atoms with Gasteiger partial charge in [0.05, 0.1) is 14.2 Å². The third-order valence-corrected chi connectivity index (χ3v) is 5.26. The smallest absolute Gasteiger partial charge is 0.161 e. The lowest BCUT2D eigenvalue weighted by molar-refractivity contribution is 0.249. The van der Waals surface area contributed by atoms with Gasteiger partial charge >= 0.3 is 0 Å². The molecule has 0 atom stereocenters. The van der Waals surface area contributed by atoms with E-state index >= 15 is 0 Å². The van der Waals surface area contributed by atoms with Crippen LogP contribution in [0.1, 0.15) is 29.5 Å². The Bertz CT molecular complexity index is 705. The van der Waals surface area contributed by atoms with Crippen LogP contribution in [0.15, 0.2) is 36.7 Å². The Kier molecular flexibility index (Phi) is 16.4. The van der Waals surface area contributed by atoms with Crippen molar-refractivity contribution in [2.75, 3.05) is 40.9 Å². The first kappa shape index (κ1) is 31.6. The quantitative estimate of drug-likeness (QED) is 0.523. The summed E-state index contributed by atoms with van der Waals surface area (Å²) in [7, 11) is 5.62. The molecule has 0 saturated heterocycles. The van der Waals surface area contributed by atoms with Crippen molar-refractivity contribution in [1.29, 1.82) is 0 Å². The van der Waals surface area contributed by atoms with Crippen molar-refractivity contribution < 1.29 is 20.4 Å². The van der Waals surface area contributed by atoms with Gasteiger partial charge in [-0.05, 0) is 80.4 Å². The van der Waals surface area contributed by atoms with Gasteiger partial charge in [-0.2, -0.15) is 0 Å². The fourth-order valence-corrected chi connectivity index (χ4v) is 3.73. The molecule has 0 aliphatic carbocycles. The lowest BCUT2D eigenvalue weighted by Gasteiger charge is -2.19. The number of fused-ring (bicyclic) bond motifs is 1. The van der Waals surface area contributed by atoms with E-state index in [0.717, 1.165) is 50.6 Å². The molecule has 7 nitrogen and oxygen atoms in total. The van der Waals surface area contributed by atoms with Crippen LogP contribution in [0.3, 0.4) is 0 Å². The van der Waals surface area contributed by atoms with E-state index in [-0.39, 0.29) is 35.8 Å². The van der Waals surface area contributed by atoms with Crippen molar-refractivity contribution in [3.8, 4) is 11.5 Å². The maximum Gasteiger partial charge on any atom is 0.161 e. The molecule has 2 heterocycles. The molecule has 0 amide bonds. The molecule has 1 aromatic carbocycles. The third-order valence-electron chi connectivity index (χ3n) is 5.26. The van der Waals surface area contributed by atoms with Crippen LogP contribution in [0, 0.1) is 0 Å². The molecule has 0 spiro atoms. The van der Waals surface area contributed by atoms with Crippen LogP contribution in [-0.4, -0.2) is 66.6 Å². The highest BCUT2D eigenvalue weighted by atomic mass is 35.5. The Morgan fingerprint density at radius 1 is 0.903 bits per heavy atom. The van der Waals surface area contributed by atoms with E-state index in [0.29, 0.717) is 0 Å². The predicted octanol–water partition coefficient (Wildman–Crippen LogP) is 2.56.